The fourth-order valence-electron chi connectivity index (χ4n) is 0.863. The van der Waals surface area contributed by atoms with Gasteiger partial charge in [-0.2, -0.15) is 0 Å². The third-order valence-corrected chi connectivity index (χ3v) is 2.44. The largest absolute Gasteiger partial charge is 0.478 e. The van der Waals surface area contributed by atoms with E-state index in [0.717, 1.165) is 9.13 Å². The molecule has 13 heavy (non-hydrogen) atoms. The first kappa shape index (κ1) is 12.7. The van der Waals surface area contributed by atoms with Crippen molar-refractivity contribution >= 4 is 41.0 Å². The molecule has 1 rings (SSSR count). The molecule has 0 bridgehead atoms. The molecule has 0 amide bonds. The second-order valence-corrected chi connectivity index (χ2v) is 3.49. The topological polar surface area (TPSA) is 63.3 Å². The maximum atomic E-state index is 10.6. The van der Waals surface area contributed by atoms with Crippen LogP contribution in [0.2, 0.25) is 0 Å². The number of hydrogen-bond donors (Lipinski definition) is 2. The van der Waals surface area contributed by atoms with Crippen LogP contribution in [0.5, 0.6) is 0 Å². The molecule has 72 valence electrons. The van der Waals surface area contributed by atoms with Gasteiger partial charge in [0.25, 0.3) is 0 Å². The zero-order chi connectivity index (χ0) is 9.14. The molecule has 0 saturated carbocycles. The first-order valence-corrected chi connectivity index (χ1v) is 4.45. The molecule has 0 radical (unpaired) electrons. The molecule has 0 atom stereocenters. The average molecular weight is 314 g/mol. The third kappa shape index (κ3) is 3.13. The lowest BCUT2D eigenvalue weighted by Gasteiger charge is -2.01. The van der Waals surface area contributed by atoms with Crippen molar-refractivity contribution in [1.29, 1.82) is 0 Å². The molecule has 0 heterocycles. The Kier molecular flexibility index (Phi) is 5.27. The number of aromatic carboxylic acids is 1. The van der Waals surface area contributed by atoms with Gasteiger partial charge in [-0.3, -0.25) is 0 Å². The van der Waals surface area contributed by atoms with Crippen molar-refractivity contribution in [2.45, 2.75) is 6.54 Å². The summed E-state index contributed by atoms with van der Waals surface area (Å²) in [4.78, 5) is 10.6. The normalized spacial score (nSPS) is 9.08. The highest BCUT2D eigenvalue weighted by Crippen LogP contribution is 2.14. The molecular weight excluding hydrogens is 304 g/mol. The lowest BCUT2D eigenvalue weighted by molar-refractivity contribution is 0.0695. The maximum Gasteiger partial charge on any atom is 0.336 e. The molecule has 0 spiro atoms. The minimum Gasteiger partial charge on any atom is -0.478 e. The fourth-order valence-corrected chi connectivity index (χ4v) is 1.43. The van der Waals surface area contributed by atoms with E-state index in [1.165, 1.54) is 0 Å². The monoisotopic (exact) mass is 313 g/mol. The number of carboxylic acids is 1. The number of carboxylic acid groups (broad SMARTS) is 1. The smallest absolute Gasteiger partial charge is 0.336 e. The summed E-state index contributed by atoms with van der Waals surface area (Å²) in [6.07, 6.45) is 0. The molecule has 0 aliphatic heterocycles. The van der Waals surface area contributed by atoms with Crippen molar-refractivity contribution in [3.63, 3.8) is 0 Å². The number of halogens is 2. The molecule has 1 aromatic carbocycles. The van der Waals surface area contributed by atoms with E-state index in [-0.39, 0.29) is 12.4 Å². The standard InChI is InChI=1S/C8H8INO2.ClH/c9-7-2-1-5(4-10)3-6(7)8(11)12;/h1-3H,4,10H2,(H,11,12);1H. The first-order chi connectivity index (χ1) is 5.65. The summed E-state index contributed by atoms with van der Waals surface area (Å²) in [7, 11) is 0. The van der Waals surface area contributed by atoms with Crippen LogP contribution >= 0.6 is 35.0 Å². The SMILES string of the molecule is Cl.NCc1ccc(I)c(C(=O)O)c1. The molecule has 0 fully saturated rings. The molecule has 0 aliphatic rings. The third-order valence-electron chi connectivity index (χ3n) is 1.50. The quantitative estimate of drug-likeness (QED) is 0.819. The molecule has 0 aromatic heterocycles. The summed E-state index contributed by atoms with van der Waals surface area (Å²) >= 11 is 1.99. The number of rotatable bonds is 2. The molecule has 5 heteroatoms. The molecule has 3 nitrogen and oxygen atoms in total. The minimum atomic E-state index is -0.908. The van der Waals surface area contributed by atoms with Crippen LogP contribution in [0.25, 0.3) is 0 Å². The van der Waals surface area contributed by atoms with E-state index in [0.29, 0.717) is 12.1 Å². The van der Waals surface area contributed by atoms with Gasteiger partial charge in [0.15, 0.2) is 0 Å². The van der Waals surface area contributed by atoms with E-state index < -0.39 is 5.97 Å². The summed E-state index contributed by atoms with van der Waals surface area (Å²) in [5.74, 6) is -0.908. The van der Waals surface area contributed by atoms with Gasteiger partial charge >= 0.3 is 5.97 Å². The summed E-state index contributed by atoms with van der Waals surface area (Å²) in [5.41, 5.74) is 6.53. The van der Waals surface area contributed by atoms with Crippen LogP contribution in [-0.2, 0) is 6.54 Å². The zero-order valence-electron chi connectivity index (χ0n) is 6.66. The van der Waals surface area contributed by atoms with Gasteiger partial charge in [-0.1, -0.05) is 6.07 Å². The number of carbonyl (C=O) groups is 1. The highest BCUT2D eigenvalue weighted by molar-refractivity contribution is 14.1. The van der Waals surface area contributed by atoms with Gasteiger partial charge < -0.3 is 10.8 Å². The predicted molar refractivity (Wildman–Crippen MR) is 61.3 cm³/mol. The van der Waals surface area contributed by atoms with Crippen molar-refractivity contribution in [2.24, 2.45) is 5.73 Å². The van der Waals surface area contributed by atoms with E-state index in [9.17, 15) is 4.79 Å². The highest BCUT2D eigenvalue weighted by atomic mass is 127. The van der Waals surface area contributed by atoms with Gasteiger partial charge in [-0.15, -0.1) is 12.4 Å². The van der Waals surface area contributed by atoms with Crippen LogP contribution < -0.4 is 5.73 Å². The molecule has 0 aliphatic carbocycles. The minimum absolute atomic E-state index is 0. The summed E-state index contributed by atoms with van der Waals surface area (Å²) in [5, 5.41) is 8.74. The van der Waals surface area contributed by atoms with E-state index in [1.807, 2.05) is 28.7 Å². The van der Waals surface area contributed by atoms with Crippen LogP contribution in [0.1, 0.15) is 15.9 Å². The second-order valence-electron chi connectivity index (χ2n) is 2.32. The van der Waals surface area contributed by atoms with E-state index in [4.69, 9.17) is 10.8 Å². The predicted octanol–water partition coefficient (Wildman–Crippen LogP) is 1.87. The van der Waals surface area contributed by atoms with Crippen LogP contribution in [0.15, 0.2) is 18.2 Å². The lowest BCUT2D eigenvalue weighted by Crippen LogP contribution is -2.03. The molecule has 0 saturated heterocycles. The molecule has 3 N–H and O–H groups in total. The molecule has 0 unspecified atom stereocenters. The van der Waals surface area contributed by atoms with Gasteiger partial charge in [0.05, 0.1) is 5.56 Å². The number of hydrogen-bond acceptors (Lipinski definition) is 2. The summed E-state index contributed by atoms with van der Waals surface area (Å²) < 4.78 is 0.734. The zero-order valence-corrected chi connectivity index (χ0v) is 9.63. The molecule has 1 aromatic rings. The summed E-state index contributed by atoms with van der Waals surface area (Å²) in [6.45, 7) is 0.372. The molecular formula is C8H9ClINO2. The van der Waals surface area contributed by atoms with Gasteiger partial charge in [-0.05, 0) is 40.3 Å². The van der Waals surface area contributed by atoms with Crippen LogP contribution in [0.3, 0.4) is 0 Å². The van der Waals surface area contributed by atoms with Gasteiger partial charge in [0, 0.05) is 10.1 Å². The Hall–Kier alpha value is -0.330. The van der Waals surface area contributed by atoms with Gasteiger partial charge in [0.1, 0.15) is 0 Å². The Morgan fingerprint density at radius 1 is 1.54 bits per heavy atom. The Balaban J connectivity index is 0.00000144. The van der Waals surface area contributed by atoms with Crippen molar-refractivity contribution < 1.29 is 9.90 Å². The van der Waals surface area contributed by atoms with Crippen LogP contribution in [0.4, 0.5) is 0 Å². The number of nitrogens with two attached hydrogens (primary N) is 1. The Morgan fingerprint density at radius 3 is 2.62 bits per heavy atom. The summed E-state index contributed by atoms with van der Waals surface area (Å²) in [6, 6.07) is 5.19. The van der Waals surface area contributed by atoms with Crippen LogP contribution in [-0.4, -0.2) is 11.1 Å². The Labute approximate surface area is 95.9 Å². The number of benzene rings is 1. The van der Waals surface area contributed by atoms with E-state index in [2.05, 4.69) is 0 Å². The van der Waals surface area contributed by atoms with E-state index >= 15 is 0 Å². The van der Waals surface area contributed by atoms with E-state index in [1.54, 1.807) is 12.1 Å². The maximum absolute atomic E-state index is 10.6. The Morgan fingerprint density at radius 2 is 2.15 bits per heavy atom. The second kappa shape index (κ2) is 5.41. The van der Waals surface area contributed by atoms with Crippen LogP contribution in [0, 0.1) is 3.57 Å². The highest BCUT2D eigenvalue weighted by Gasteiger charge is 2.07. The van der Waals surface area contributed by atoms with Gasteiger partial charge in [0.2, 0.25) is 0 Å². The van der Waals surface area contributed by atoms with Crippen molar-refractivity contribution in [2.75, 3.05) is 0 Å². The fraction of sp³-hybridized carbons (Fsp3) is 0.125. The Bertz CT molecular complexity index is 317. The average Bonchev–Trinajstić information content (AvgIpc) is 2.05. The van der Waals surface area contributed by atoms with Crippen molar-refractivity contribution in [3.8, 4) is 0 Å². The van der Waals surface area contributed by atoms with Gasteiger partial charge in [-0.25, -0.2) is 4.79 Å². The lowest BCUT2D eigenvalue weighted by atomic mass is 10.1. The first-order valence-electron chi connectivity index (χ1n) is 3.37. The van der Waals surface area contributed by atoms with Crippen molar-refractivity contribution in [3.05, 3.63) is 32.9 Å². The van der Waals surface area contributed by atoms with Crippen molar-refractivity contribution in [1.82, 2.24) is 0 Å².